The van der Waals surface area contributed by atoms with Crippen molar-refractivity contribution >= 4 is 41.5 Å². The lowest BCUT2D eigenvalue weighted by molar-refractivity contribution is -0.134. The van der Waals surface area contributed by atoms with Crippen LogP contribution >= 0.6 is 35.6 Å². The summed E-state index contributed by atoms with van der Waals surface area (Å²) in [6.45, 7) is 6.63. The summed E-state index contributed by atoms with van der Waals surface area (Å²) in [6.07, 6.45) is 1.71. The van der Waals surface area contributed by atoms with Gasteiger partial charge >= 0.3 is 0 Å². The van der Waals surface area contributed by atoms with E-state index < -0.39 is 0 Å². The minimum absolute atomic E-state index is 0. The Kier molecular flexibility index (Phi) is 7.98. The van der Waals surface area contributed by atoms with Crippen LogP contribution in [0.5, 0.6) is 0 Å². The quantitative estimate of drug-likeness (QED) is 0.850. The van der Waals surface area contributed by atoms with E-state index in [1.54, 1.807) is 6.07 Å². The number of hydrogen-bond acceptors (Lipinski definition) is 2. The van der Waals surface area contributed by atoms with Crippen molar-refractivity contribution in [1.29, 1.82) is 0 Å². The number of carbonyl (C=O) groups is 1. The number of nitrogens with zero attached hydrogens (tertiary/aromatic N) is 1. The standard InChI is InChI=1S/C16H22Cl2N2O.ClH/c1-11(2)20(16(21)8-12-5-6-19-9-12)10-13-3-4-14(17)15(18)7-13;/h3-4,7,11-12,19H,5-6,8-10H2,1-2H3;1H. The number of rotatable bonds is 5. The van der Waals surface area contributed by atoms with Crippen LogP contribution in [0.2, 0.25) is 10.0 Å². The molecular weight excluding hydrogens is 343 g/mol. The molecule has 1 aromatic carbocycles. The monoisotopic (exact) mass is 364 g/mol. The maximum absolute atomic E-state index is 12.5. The van der Waals surface area contributed by atoms with Gasteiger partial charge in [0.2, 0.25) is 5.91 Å². The van der Waals surface area contributed by atoms with Crippen LogP contribution in [0.25, 0.3) is 0 Å². The summed E-state index contributed by atoms with van der Waals surface area (Å²) < 4.78 is 0. The molecule has 0 bridgehead atoms. The molecule has 1 N–H and O–H groups in total. The highest BCUT2D eigenvalue weighted by molar-refractivity contribution is 6.42. The van der Waals surface area contributed by atoms with Crippen molar-refractivity contribution in [2.24, 2.45) is 5.92 Å². The van der Waals surface area contributed by atoms with Crippen LogP contribution in [-0.4, -0.2) is 29.9 Å². The van der Waals surface area contributed by atoms with Crippen LogP contribution in [0.1, 0.15) is 32.3 Å². The molecule has 3 nitrogen and oxygen atoms in total. The molecule has 1 aliphatic heterocycles. The molecular formula is C16H23Cl3N2O. The van der Waals surface area contributed by atoms with E-state index in [0.717, 1.165) is 25.1 Å². The first-order valence-corrected chi connectivity index (χ1v) is 8.17. The van der Waals surface area contributed by atoms with Crippen molar-refractivity contribution in [2.45, 2.75) is 39.3 Å². The van der Waals surface area contributed by atoms with Gasteiger partial charge in [-0.1, -0.05) is 29.3 Å². The van der Waals surface area contributed by atoms with Gasteiger partial charge in [-0.05, 0) is 57.0 Å². The van der Waals surface area contributed by atoms with E-state index in [4.69, 9.17) is 23.2 Å². The third-order valence-corrected chi connectivity index (χ3v) is 4.65. The molecule has 1 atom stereocenters. The average molecular weight is 366 g/mol. The molecule has 1 amide bonds. The largest absolute Gasteiger partial charge is 0.336 e. The number of hydrogen-bond donors (Lipinski definition) is 1. The molecule has 0 saturated carbocycles. The van der Waals surface area contributed by atoms with Crippen LogP contribution in [0.15, 0.2) is 18.2 Å². The van der Waals surface area contributed by atoms with Crippen molar-refractivity contribution in [3.8, 4) is 0 Å². The summed E-state index contributed by atoms with van der Waals surface area (Å²) in [7, 11) is 0. The average Bonchev–Trinajstić information content (AvgIpc) is 2.92. The van der Waals surface area contributed by atoms with Gasteiger partial charge in [-0.2, -0.15) is 0 Å². The third kappa shape index (κ3) is 5.31. The fraction of sp³-hybridized carbons (Fsp3) is 0.562. The molecule has 1 aromatic rings. The first-order valence-electron chi connectivity index (χ1n) is 7.41. The molecule has 124 valence electrons. The van der Waals surface area contributed by atoms with Gasteiger partial charge in [0.05, 0.1) is 10.0 Å². The minimum atomic E-state index is 0. The van der Waals surface area contributed by atoms with Crippen molar-refractivity contribution < 1.29 is 4.79 Å². The maximum Gasteiger partial charge on any atom is 0.223 e. The zero-order chi connectivity index (χ0) is 15.4. The van der Waals surface area contributed by atoms with E-state index in [1.165, 1.54) is 0 Å². The third-order valence-electron chi connectivity index (χ3n) is 3.91. The Hall–Kier alpha value is -0.480. The second kappa shape index (κ2) is 8.97. The number of amides is 1. The van der Waals surface area contributed by atoms with Gasteiger partial charge in [0, 0.05) is 19.0 Å². The Morgan fingerprint density at radius 3 is 2.64 bits per heavy atom. The minimum Gasteiger partial charge on any atom is -0.336 e. The Morgan fingerprint density at radius 2 is 2.09 bits per heavy atom. The molecule has 1 heterocycles. The van der Waals surface area contributed by atoms with Crippen LogP contribution in [-0.2, 0) is 11.3 Å². The Labute approximate surface area is 148 Å². The smallest absolute Gasteiger partial charge is 0.223 e. The van der Waals surface area contributed by atoms with Gasteiger partial charge in [0.15, 0.2) is 0 Å². The highest BCUT2D eigenvalue weighted by Crippen LogP contribution is 2.24. The molecule has 6 heteroatoms. The lowest BCUT2D eigenvalue weighted by Crippen LogP contribution is -2.37. The number of halogens is 3. The summed E-state index contributed by atoms with van der Waals surface area (Å²) in [4.78, 5) is 14.5. The highest BCUT2D eigenvalue weighted by atomic mass is 35.5. The normalized spacial score (nSPS) is 17.4. The first kappa shape index (κ1) is 19.6. The van der Waals surface area contributed by atoms with Gasteiger partial charge in [0.1, 0.15) is 0 Å². The molecule has 1 fully saturated rings. The van der Waals surface area contributed by atoms with E-state index in [0.29, 0.717) is 28.9 Å². The summed E-state index contributed by atoms with van der Waals surface area (Å²) >= 11 is 12.0. The SMILES string of the molecule is CC(C)N(Cc1ccc(Cl)c(Cl)c1)C(=O)CC1CCNC1.Cl. The van der Waals surface area contributed by atoms with Crippen molar-refractivity contribution in [1.82, 2.24) is 10.2 Å². The van der Waals surface area contributed by atoms with E-state index >= 15 is 0 Å². The molecule has 0 aliphatic carbocycles. The predicted molar refractivity (Wildman–Crippen MR) is 95.0 cm³/mol. The van der Waals surface area contributed by atoms with Crippen molar-refractivity contribution in [3.63, 3.8) is 0 Å². The topological polar surface area (TPSA) is 32.3 Å². The number of benzene rings is 1. The van der Waals surface area contributed by atoms with E-state index in [-0.39, 0.29) is 24.4 Å². The summed E-state index contributed by atoms with van der Waals surface area (Å²) in [5.74, 6) is 0.678. The zero-order valence-electron chi connectivity index (χ0n) is 12.9. The van der Waals surface area contributed by atoms with E-state index in [1.807, 2.05) is 30.9 Å². The first-order chi connectivity index (χ1) is 9.97. The molecule has 0 spiro atoms. The second-order valence-corrected chi connectivity index (χ2v) is 6.74. The fourth-order valence-corrected chi connectivity index (χ4v) is 2.97. The zero-order valence-corrected chi connectivity index (χ0v) is 15.3. The highest BCUT2D eigenvalue weighted by Gasteiger charge is 2.23. The molecule has 22 heavy (non-hydrogen) atoms. The predicted octanol–water partition coefficient (Wildman–Crippen LogP) is 4.15. The summed E-state index contributed by atoms with van der Waals surface area (Å²) in [6, 6.07) is 5.71. The van der Waals surface area contributed by atoms with Crippen LogP contribution in [0, 0.1) is 5.92 Å². The molecule has 1 aliphatic rings. The van der Waals surface area contributed by atoms with Crippen LogP contribution in [0.3, 0.4) is 0 Å². The van der Waals surface area contributed by atoms with E-state index in [9.17, 15) is 4.79 Å². The number of carbonyl (C=O) groups excluding carboxylic acids is 1. The van der Waals surface area contributed by atoms with Gasteiger partial charge in [0.25, 0.3) is 0 Å². The lowest BCUT2D eigenvalue weighted by atomic mass is 10.0. The molecule has 1 unspecified atom stereocenters. The fourth-order valence-electron chi connectivity index (χ4n) is 2.65. The van der Waals surface area contributed by atoms with Crippen molar-refractivity contribution in [3.05, 3.63) is 33.8 Å². The second-order valence-electron chi connectivity index (χ2n) is 5.93. The van der Waals surface area contributed by atoms with E-state index in [2.05, 4.69) is 5.32 Å². The van der Waals surface area contributed by atoms with Gasteiger partial charge in [-0.25, -0.2) is 0 Å². The molecule has 1 saturated heterocycles. The number of nitrogens with one attached hydrogen (secondary N) is 1. The van der Waals surface area contributed by atoms with Crippen LogP contribution < -0.4 is 5.32 Å². The summed E-state index contributed by atoms with van der Waals surface area (Å²) in [5, 5.41) is 4.38. The van der Waals surface area contributed by atoms with Gasteiger partial charge < -0.3 is 10.2 Å². The molecule has 0 aromatic heterocycles. The Bertz CT molecular complexity index is 502. The Morgan fingerprint density at radius 1 is 1.36 bits per heavy atom. The maximum atomic E-state index is 12.5. The summed E-state index contributed by atoms with van der Waals surface area (Å²) in [5.41, 5.74) is 1.01. The molecule has 2 rings (SSSR count). The lowest BCUT2D eigenvalue weighted by Gasteiger charge is -2.28. The van der Waals surface area contributed by atoms with Gasteiger partial charge in [-0.3, -0.25) is 4.79 Å². The van der Waals surface area contributed by atoms with Crippen LogP contribution in [0.4, 0.5) is 0 Å². The molecule has 0 radical (unpaired) electrons. The van der Waals surface area contributed by atoms with Crippen molar-refractivity contribution in [2.75, 3.05) is 13.1 Å². The van der Waals surface area contributed by atoms with Gasteiger partial charge in [-0.15, -0.1) is 12.4 Å². The Balaban J connectivity index is 0.00000242.